The van der Waals surface area contributed by atoms with Crippen molar-refractivity contribution in [2.75, 3.05) is 26.9 Å². The summed E-state index contributed by atoms with van der Waals surface area (Å²) in [6.07, 6.45) is 0.756. The highest BCUT2D eigenvalue weighted by molar-refractivity contribution is 7.09. The number of rotatable bonds is 10. The van der Waals surface area contributed by atoms with Crippen LogP contribution < -0.4 is 14.8 Å². The molecule has 6 nitrogen and oxygen atoms in total. The van der Waals surface area contributed by atoms with E-state index in [1.54, 1.807) is 29.5 Å². The molecule has 1 amide bonds. The van der Waals surface area contributed by atoms with Crippen LogP contribution in [0.3, 0.4) is 0 Å². The van der Waals surface area contributed by atoms with Gasteiger partial charge in [-0.15, -0.1) is 11.3 Å². The van der Waals surface area contributed by atoms with Crippen LogP contribution in [0.5, 0.6) is 11.5 Å². The second-order valence-electron chi connectivity index (χ2n) is 6.33. The molecule has 0 saturated carbocycles. The Morgan fingerprint density at radius 3 is 2.67 bits per heavy atom. The maximum Gasteiger partial charge on any atom is 0.338 e. The van der Waals surface area contributed by atoms with Crippen LogP contribution in [0.25, 0.3) is 0 Å². The van der Waals surface area contributed by atoms with Gasteiger partial charge in [-0.2, -0.15) is 0 Å². The van der Waals surface area contributed by atoms with E-state index in [2.05, 4.69) is 5.32 Å². The average Bonchev–Trinajstić information content (AvgIpc) is 3.17. The summed E-state index contributed by atoms with van der Waals surface area (Å²) in [5, 5.41) is 4.72. The lowest BCUT2D eigenvalue weighted by molar-refractivity contribution is -0.124. The van der Waals surface area contributed by atoms with Crippen LogP contribution in [0.2, 0.25) is 0 Å². The van der Waals surface area contributed by atoms with E-state index < -0.39 is 5.97 Å². The monoisotopic (exact) mass is 391 g/mol. The highest BCUT2D eigenvalue weighted by Gasteiger charge is 2.14. The second-order valence-corrected chi connectivity index (χ2v) is 7.36. The van der Waals surface area contributed by atoms with Crippen LogP contribution in [0, 0.1) is 5.92 Å². The third-order valence-corrected chi connectivity index (χ3v) is 4.52. The standard InChI is InChI=1S/C20H25NO5S/c1-14(2)12-25-17-7-6-15(11-18(17)24-3)20(23)26-13-19(22)21-9-8-16-5-4-10-27-16/h4-7,10-11,14H,8-9,12-13H2,1-3H3,(H,21,22). The lowest BCUT2D eigenvalue weighted by Crippen LogP contribution is -2.30. The fourth-order valence-electron chi connectivity index (χ4n) is 2.22. The SMILES string of the molecule is COc1cc(C(=O)OCC(=O)NCCc2cccs2)ccc1OCC(C)C. The molecule has 0 spiro atoms. The van der Waals surface area contributed by atoms with E-state index >= 15 is 0 Å². The summed E-state index contributed by atoms with van der Waals surface area (Å²) in [5.41, 5.74) is 0.301. The van der Waals surface area contributed by atoms with Gasteiger partial charge in [0.2, 0.25) is 0 Å². The van der Waals surface area contributed by atoms with E-state index in [1.165, 1.54) is 12.0 Å². The van der Waals surface area contributed by atoms with Crippen LogP contribution in [0.15, 0.2) is 35.7 Å². The summed E-state index contributed by atoms with van der Waals surface area (Å²) in [6, 6.07) is 8.79. The first kappa shape index (κ1) is 20.8. The summed E-state index contributed by atoms with van der Waals surface area (Å²) < 4.78 is 16.0. The quantitative estimate of drug-likeness (QED) is 0.629. The maximum atomic E-state index is 12.2. The van der Waals surface area contributed by atoms with Crippen LogP contribution in [-0.2, 0) is 16.0 Å². The molecule has 0 atom stereocenters. The number of nitrogens with one attached hydrogen (secondary N) is 1. The first-order valence-electron chi connectivity index (χ1n) is 8.76. The van der Waals surface area contributed by atoms with E-state index in [0.717, 1.165) is 6.42 Å². The van der Waals surface area contributed by atoms with E-state index in [9.17, 15) is 9.59 Å². The van der Waals surface area contributed by atoms with Crippen molar-refractivity contribution < 1.29 is 23.8 Å². The number of ether oxygens (including phenoxy) is 3. The van der Waals surface area contributed by atoms with E-state index in [0.29, 0.717) is 36.1 Å². The van der Waals surface area contributed by atoms with Gasteiger partial charge in [0.05, 0.1) is 19.3 Å². The van der Waals surface area contributed by atoms with Gasteiger partial charge in [0, 0.05) is 11.4 Å². The van der Waals surface area contributed by atoms with Crippen molar-refractivity contribution in [3.8, 4) is 11.5 Å². The number of esters is 1. The summed E-state index contributed by atoms with van der Waals surface area (Å²) in [6.45, 7) is 4.82. The fourth-order valence-corrected chi connectivity index (χ4v) is 2.92. The fraction of sp³-hybridized carbons (Fsp3) is 0.400. The molecule has 0 fully saturated rings. The molecule has 0 bridgehead atoms. The number of hydrogen-bond donors (Lipinski definition) is 1. The first-order chi connectivity index (χ1) is 13.0. The number of benzene rings is 1. The van der Waals surface area contributed by atoms with E-state index in [1.807, 2.05) is 31.4 Å². The van der Waals surface area contributed by atoms with Gasteiger partial charge >= 0.3 is 5.97 Å². The zero-order valence-electron chi connectivity index (χ0n) is 15.8. The molecule has 0 aliphatic heterocycles. The number of carbonyl (C=O) groups is 2. The predicted octanol–water partition coefficient (Wildman–Crippen LogP) is 3.31. The van der Waals surface area contributed by atoms with Gasteiger partial charge in [0.1, 0.15) is 0 Å². The molecule has 0 saturated heterocycles. The molecule has 27 heavy (non-hydrogen) atoms. The minimum absolute atomic E-state index is 0.301. The normalized spacial score (nSPS) is 10.5. The zero-order valence-corrected chi connectivity index (χ0v) is 16.6. The largest absolute Gasteiger partial charge is 0.493 e. The Morgan fingerprint density at radius 1 is 1.19 bits per heavy atom. The topological polar surface area (TPSA) is 73.9 Å². The Balaban J connectivity index is 1.81. The van der Waals surface area contributed by atoms with Crippen LogP contribution in [0.4, 0.5) is 0 Å². The van der Waals surface area contributed by atoms with Crippen molar-refractivity contribution in [2.24, 2.45) is 5.92 Å². The highest BCUT2D eigenvalue weighted by atomic mass is 32.1. The van der Waals surface area contributed by atoms with E-state index in [-0.39, 0.29) is 12.5 Å². The molecule has 2 rings (SSSR count). The average molecular weight is 391 g/mol. The van der Waals surface area contributed by atoms with Crippen molar-refractivity contribution in [1.29, 1.82) is 0 Å². The van der Waals surface area contributed by atoms with Gasteiger partial charge in [-0.1, -0.05) is 19.9 Å². The molecule has 1 N–H and O–H groups in total. The molecule has 0 aliphatic carbocycles. The highest BCUT2D eigenvalue weighted by Crippen LogP contribution is 2.28. The van der Waals surface area contributed by atoms with Gasteiger partial charge in [0.25, 0.3) is 5.91 Å². The molecule has 0 unspecified atom stereocenters. The molecule has 146 valence electrons. The number of amides is 1. The molecule has 7 heteroatoms. The van der Waals surface area contributed by atoms with E-state index in [4.69, 9.17) is 14.2 Å². The summed E-state index contributed by atoms with van der Waals surface area (Å²) >= 11 is 1.64. The summed E-state index contributed by atoms with van der Waals surface area (Å²) in [7, 11) is 1.51. The lowest BCUT2D eigenvalue weighted by Gasteiger charge is -2.13. The smallest absolute Gasteiger partial charge is 0.338 e. The van der Waals surface area contributed by atoms with Crippen molar-refractivity contribution in [3.05, 3.63) is 46.2 Å². The molecule has 2 aromatic rings. The van der Waals surface area contributed by atoms with Crippen molar-refractivity contribution in [1.82, 2.24) is 5.32 Å². The zero-order chi connectivity index (χ0) is 19.6. The molecule has 0 radical (unpaired) electrons. The maximum absolute atomic E-state index is 12.2. The van der Waals surface area contributed by atoms with Gasteiger partial charge in [-0.05, 0) is 42.0 Å². The molecular formula is C20H25NO5S. The van der Waals surface area contributed by atoms with Gasteiger partial charge < -0.3 is 19.5 Å². The second kappa shape index (κ2) is 10.6. The Labute approximate surface area is 163 Å². The van der Waals surface area contributed by atoms with Gasteiger partial charge in [0.15, 0.2) is 18.1 Å². The third-order valence-electron chi connectivity index (χ3n) is 3.58. The van der Waals surface area contributed by atoms with Crippen molar-refractivity contribution in [2.45, 2.75) is 20.3 Å². The number of thiophene rings is 1. The lowest BCUT2D eigenvalue weighted by atomic mass is 10.2. The van der Waals surface area contributed by atoms with Gasteiger partial charge in [-0.25, -0.2) is 4.79 Å². The Kier molecular flexibility index (Phi) is 8.13. The summed E-state index contributed by atoms with van der Waals surface area (Å²) in [4.78, 5) is 25.2. The van der Waals surface area contributed by atoms with Crippen molar-refractivity contribution >= 4 is 23.2 Å². The molecule has 1 aromatic carbocycles. The third kappa shape index (κ3) is 6.94. The van der Waals surface area contributed by atoms with Crippen LogP contribution >= 0.6 is 11.3 Å². The Bertz CT molecular complexity index is 743. The van der Waals surface area contributed by atoms with Crippen molar-refractivity contribution in [3.63, 3.8) is 0 Å². The Morgan fingerprint density at radius 2 is 2.00 bits per heavy atom. The van der Waals surface area contributed by atoms with Crippen LogP contribution in [0.1, 0.15) is 29.1 Å². The Hall–Kier alpha value is -2.54. The predicted molar refractivity (Wildman–Crippen MR) is 105 cm³/mol. The summed E-state index contributed by atoms with van der Waals surface area (Å²) in [5.74, 6) is 0.470. The van der Waals surface area contributed by atoms with Gasteiger partial charge in [-0.3, -0.25) is 4.79 Å². The molecule has 0 aliphatic rings. The minimum atomic E-state index is -0.586. The molecule has 1 aromatic heterocycles. The number of methoxy groups -OCH3 is 1. The minimum Gasteiger partial charge on any atom is -0.493 e. The number of carbonyl (C=O) groups excluding carboxylic acids is 2. The number of hydrogen-bond acceptors (Lipinski definition) is 6. The molecular weight excluding hydrogens is 366 g/mol. The van der Waals surface area contributed by atoms with Crippen LogP contribution in [-0.4, -0.2) is 38.7 Å². The first-order valence-corrected chi connectivity index (χ1v) is 9.64. The molecule has 1 heterocycles.